The number of piperidine rings is 1. The number of imide groups is 1. The minimum absolute atomic E-state index is 0.103. The minimum Gasteiger partial charge on any atom is -0.378 e. The molecule has 2 saturated heterocycles. The highest BCUT2D eigenvalue weighted by Crippen LogP contribution is 2.32. The normalized spacial score (nSPS) is 29.5. The topological polar surface area (TPSA) is 87.7 Å². The summed E-state index contributed by atoms with van der Waals surface area (Å²) >= 11 is 0. The summed E-state index contributed by atoms with van der Waals surface area (Å²) in [5.41, 5.74) is 2.94. The molecule has 1 aliphatic carbocycles. The molecule has 3 atom stereocenters. The average Bonchev–Trinajstić information content (AvgIpc) is 3.02. The second-order valence-corrected chi connectivity index (χ2v) is 9.15. The molecule has 30 heavy (non-hydrogen) atoms. The number of carbonyl (C=O) groups excluding carboxylic acids is 3. The van der Waals surface area contributed by atoms with Gasteiger partial charge in [0.1, 0.15) is 6.04 Å². The molecular formula is C23H29N3O4. The van der Waals surface area contributed by atoms with Crippen molar-refractivity contribution in [1.29, 1.82) is 0 Å². The smallest absolute Gasteiger partial charge is 0.255 e. The lowest BCUT2D eigenvalue weighted by molar-refractivity contribution is -0.136. The molecule has 2 N–H and O–H groups in total. The van der Waals surface area contributed by atoms with Gasteiger partial charge in [0.2, 0.25) is 11.8 Å². The number of benzene rings is 1. The van der Waals surface area contributed by atoms with E-state index < -0.39 is 6.04 Å². The van der Waals surface area contributed by atoms with Crippen LogP contribution >= 0.6 is 0 Å². The molecular weight excluding hydrogens is 382 g/mol. The Morgan fingerprint density at radius 2 is 1.93 bits per heavy atom. The van der Waals surface area contributed by atoms with Crippen molar-refractivity contribution >= 4 is 17.7 Å². The van der Waals surface area contributed by atoms with Crippen molar-refractivity contribution in [2.45, 2.75) is 69.6 Å². The summed E-state index contributed by atoms with van der Waals surface area (Å²) in [7, 11) is 0. The Kier molecular flexibility index (Phi) is 5.33. The average molecular weight is 412 g/mol. The molecule has 0 aromatic heterocycles. The maximum Gasteiger partial charge on any atom is 0.255 e. The zero-order chi connectivity index (χ0) is 20.7. The van der Waals surface area contributed by atoms with Crippen LogP contribution in [0.1, 0.15) is 60.0 Å². The van der Waals surface area contributed by atoms with Crippen molar-refractivity contribution < 1.29 is 19.1 Å². The fourth-order valence-electron chi connectivity index (χ4n) is 5.36. The van der Waals surface area contributed by atoms with Crippen molar-refractivity contribution in [3.63, 3.8) is 0 Å². The summed E-state index contributed by atoms with van der Waals surface area (Å²) in [6.07, 6.45) is 6.68. The van der Waals surface area contributed by atoms with Crippen LogP contribution in [0.25, 0.3) is 0 Å². The van der Waals surface area contributed by atoms with Crippen molar-refractivity contribution in [2.24, 2.45) is 5.92 Å². The third-order valence-corrected chi connectivity index (χ3v) is 7.08. The first-order valence-corrected chi connectivity index (χ1v) is 11.2. The van der Waals surface area contributed by atoms with Crippen LogP contribution in [0, 0.1) is 5.92 Å². The molecule has 7 heteroatoms. The Labute approximate surface area is 176 Å². The second kappa shape index (κ2) is 8.12. The van der Waals surface area contributed by atoms with Crippen LogP contribution in [0.15, 0.2) is 18.2 Å². The SMILES string of the molecule is O=C1CCC(N2Cc3cc(C[C@H]4CCCC[C@@H]4NC4COC4)ccc3C2=O)C(=O)N1. The number of amides is 3. The predicted octanol–water partition coefficient (Wildman–Crippen LogP) is 1.54. The van der Waals surface area contributed by atoms with Crippen LogP contribution in [0.4, 0.5) is 0 Å². The first-order valence-electron chi connectivity index (χ1n) is 11.2. The first kappa shape index (κ1) is 19.7. The lowest BCUT2D eigenvalue weighted by atomic mass is 9.80. The molecule has 3 heterocycles. The summed E-state index contributed by atoms with van der Waals surface area (Å²) < 4.78 is 5.32. The van der Waals surface area contributed by atoms with Crippen LogP contribution in [0.5, 0.6) is 0 Å². The highest BCUT2D eigenvalue weighted by atomic mass is 16.5. The van der Waals surface area contributed by atoms with Crippen molar-refractivity contribution in [1.82, 2.24) is 15.5 Å². The van der Waals surface area contributed by atoms with Crippen LogP contribution in [-0.2, 0) is 27.3 Å². The van der Waals surface area contributed by atoms with E-state index in [1.807, 2.05) is 6.07 Å². The van der Waals surface area contributed by atoms with Gasteiger partial charge in [-0.25, -0.2) is 0 Å². The standard InChI is InChI=1S/C23H29N3O4/c27-21-8-7-20(22(28)25-21)26-11-16-10-14(5-6-18(16)23(26)29)9-15-3-1-2-4-19(15)24-17-12-30-13-17/h5-6,10,15,17,19-20,24H,1-4,7-9,11-13H2,(H,25,27,28)/t15-,19+,20?/m1/s1. The van der Waals surface area contributed by atoms with Crippen molar-refractivity contribution in [3.05, 3.63) is 34.9 Å². The molecule has 0 spiro atoms. The minimum atomic E-state index is -0.553. The van der Waals surface area contributed by atoms with Gasteiger partial charge in [0.25, 0.3) is 5.91 Å². The van der Waals surface area contributed by atoms with E-state index in [9.17, 15) is 14.4 Å². The van der Waals surface area contributed by atoms with Crippen molar-refractivity contribution in [2.75, 3.05) is 13.2 Å². The van der Waals surface area contributed by atoms with Gasteiger partial charge in [0.15, 0.2) is 0 Å². The van der Waals surface area contributed by atoms with Gasteiger partial charge < -0.3 is 15.0 Å². The summed E-state index contributed by atoms with van der Waals surface area (Å²) in [6.45, 7) is 2.08. The molecule has 1 aromatic carbocycles. The van der Waals surface area contributed by atoms with E-state index in [1.165, 1.54) is 31.2 Å². The number of nitrogens with zero attached hydrogens (tertiary/aromatic N) is 1. The Morgan fingerprint density at radius 3 is 2.70 bits per heavy atom. The van der Waals surface area contributed by atoms with Gasteiger partial charge in [0, 0.05) is 24.6 Å². The first-order chi connectivity index (χ1) is 14.6. The van der Waals surface area contributed by atoms with E-state index in [-0.39, 0.29) is 24.1 Å². The molecule has 1 aromatic rings. The molecule has 1 unspecified atom stereocenters. The Bertz CT molecular complexity index is 866. The van der Waals surface area contributed by atoms with E-state index in [0.29, 0.717) is 36.5 Å². The number of ether oxygens (including phenoxy) is 1. The number of rotatable bonds is 5. The zero-order valence-electron chi connectivity index (χ0n) is 17.2. The van der Waals surface area contributed by atoms with E-state index in [1.54, 1.807) is 4.90 Å². The van der Waals surface area contributed by atoms with E-state index in [2.05, 4.69) is 22.8 Å². The summed E-state index contributed by atoms with van der Waals surface area (Å²) in [5.74, 6) is -0.121. The molecule has 0 radical (unpaired) electrons. The Morgan fingerprint density at radius 1 is 1.10 bits per heavy atom. The quantitative estimate of drug-likeness (QED) is 0.718. The highest BCUT2D eigenvalue weighted by molar-refractivity contribution is 6.05. The van der Waals surface area contributed by atoms with Gasteiger partial charge in [-0.1, -0.05) is 25.0 Å². The lowest BCUT2D eigenvalue weighted by Crippen LogP contribution is -2.53. The van der Waals surface area contributed by atoms with Crippen LogP contribution in [0.2, 0.25) is 0 Å². The Balaban J connectivity index is 1.28. The fraction of sp³-hybridized carbons (Fsp3) is 0.609. The molecule has 3 amide bonds. The largest absolute Gasteiger partial charge is 0.378 e. The molecule has 3 aliphatic heterocycles. The maximum absolute atomic E-state index is 12.9. The third-order valence-electron chi connectivity index (χ3n) is 7.08. The van der Waals surface area contributed by atoms with Gasteiger partial charge in [-0.15, -0.1) is 0 Å². The summed E-state index contributed by atoms with van der Waals surface area (Å²) in [6, 6.07) is 6.62. The summed E-state index contributed by atoms with van der Waals surface area (Å²) in [5, 5.41) is 6.15. The maximum atomic E-state index is 12.9. The number of carbonyl (C=O) groups is 3. The zero-order valence-corrected chi connectivity index (χ0v) is 17.2. The molecule has 0 bridgehead atoms. The number of hydrogen-bond acceptors (Lipinski definition) is 5. The Hall–Kier alpha value is -2.25. The predicted molar refractivity (Wildman–Crippen MR) is 110 cm³/mol. The fourth-order valence-corrected chi connectivity index (χ4v) is 5.36. The van der Waals surface area contributed by atoms with Crippen LogP contribution < -0.4 is 10.6 Å². The number of fused-ring (bicyclic) bond motifs is 1. The molecule has 3 fully saturated rings. The van der Waals surface area contributed by atoms with Crippen molar-refractivity contribution in [3.8, 4) is 0 Å². The monoisotopic (exact) mass is 411 g/mol. The summed E-state index contributed by atoms with van der Waals surface area (Å²) in [4.78, 5) is 38.2. The second-order valence-electron chi connectivity index (χ2n) is 9.15. The molecule has 1 saturated carbocycles. The molecule has 4 aliphatic rings. The third kappa shape index (κ3) is 3.76. The molecule has 160 valence electrons. The highest BCUT2D eigenvalue weighted by Gasteiger charge is 2.39. The number of hydrogen-bond donors (Lipinski definition) is 2. The lowest BCUT2D eigenvalue weighted by Gasteiger charge is -2.38. The van der Waals surface area contributed by atoms with Gasteiger partial charge in [-0.3, -0.25) is 19.7 Å². The number of nitrogens with one attached hydrogen (secondary N) is 2. The van der Waals surface area contributed by atoms with E-state index in [4.69, 9.17) is 4.74 Å². The van der Waals surface area contributed by atoms with E-state index >= 15 is 0 Å². The van der Waals surface area contributed by atoms with E-state index in [0.717, 1.165) is 25.2 Å². The van der Waals surface area contributed by atoms with Crippen LogP contribution in [-0.4, -0.2) is 54.0 Å². The molecule has 5 rings (SSSR count). The van der Waals surface area contributed by atoms with Gasteiger partial charge >= 0.3 is 0 Å². The van der Waals surface area contributed by atoms with Gasteiger partial charge in [0.05, 0.1) is 19.3 Å². The van der Waals surface area contributed by atoms with Gasteiger partial charge in [-0.2, -0.15) is 0 Å². The van der Waals surface area contributed by atoms with Crippen LogP contribution in [0.3, 0.4) is 0 Å². The van der Waals surface area contributed by atoms with Gasteiger partial charge in [-0.05, 0) is 48.8 Å². The molecule has 7 nitrogen and oxygen atoms in total.